The fraction of sp³-hybridized carbons (Fsp3) is 0.231. The molecule has 3 aromatic rings. The number of pyridine rings is 1. The van der Waals surface area contributed by atoms with Crippen molar-refractivity contribution >= 4 is 21.8 Å². The first kappa shape index (κ1) is 10.8. The average molecular weight is 243 g/mol. The summed E-state index contributed by atoms with van der Waals surface area (Å²) >= 11 is 0. The first-order chi connectivity index (χ1) is 8.61. The summed E-state index contributed by atoms with van der Waals surface area (Å²) in [4.78, 5) is 16.2. The summed E-state index contributed by atoms with van der Waals surface area (Å²) < 4.78 is 6.79. The van der Waals surface area contributed by atoms with Gasteiger partial charge in [0.2, 0.25) is 0 Å². The Morgan fingerprint density at radius 2 is 2.11 bits per heavy atom. The first-order valence-corrected chi connectivity index (χ1v) is 5.64. The molecule has 0 spiro atoms. The van der Waals surface area contributed by atoms with E-state index in [4.69, 9.17) is 4.74 Å². The second-order valence-corrected chi connectivity index (χ2v) is 4.39. The fourth-order valence-electron chi connectivity index (χ4n) is 2.25. The van der Waals surface area contributed by atoms with Gasteiger partial charge in [0.25, 0.3) is 5.56 Å². The van der Waals surface area contributed by atoms with Crippen LogP contribution in [0.5, 0.6) is 5.75 Å². The number of fused-ring (bicyclic) bond motifs is 3. The van der Waals surface area contributed by atoms with Gasteiger partial charge in [0.15, 0.2) is 0 Å². The van der Waals surface area contributed by atoms with Crippen LogP contribution < -0.4 is 10.3 Å². The van der Waals surface area contributed by atoms with Crippen molar-refractivity contribution < 1.29 is 4.74 Å². The van der Waals surface area contributed by atoms with Gasteiger partial charge in [0, 0.05) is 18.6 Å². The Hall–Kier alpha value is -2.30. The van der Waals surface area contributed by atoms with Crippen molar-refractivity contribution in [2.75, 3.05) is 7.11 Å². The van der Waals surface area contributed by atoms with Crippen molar-refractivity contribution in [3.63, 3.8) is 0 Å². The average Bonchev–Trinajstić information content (AvgIpc) is 2.65. The maximum absolute atomic E-state index is 11.9. The Morgan fingerprint density at radius 1 is 1.33 bits per heavy atom. The van der Waals surface area contributed by atoms with Crippen LogP contribution in [0, 0.1) is 6.92 Å². The van der Waals surface area contributed by atoms with Gasteiger partial charge in [-0.05, 0) is 24.6 Å². The standard InChI is InChI=1S/C13H13N3O2/c1-7-4-8-11-9(13(17)16(2)15-11)6-14-12(8)10(5-7)18-3/h4-6,15H,1-3H3. The zero-order chi connectivity index (χ0) is 12.9. The number of nitrogens with zero attached hydrogens (tertiary/aromatic N) is 2. The number of ether oxygens (including phenoxy) is 1. The molecule has 0 aliphatic heterocycles. The third-order valence-electron chi connectivity index (χ3n) is 3.12. The molecule has 0 saturated heterocycles. The molecule has 0 radical (unpaired) electrons. The van der Waals surface area contributed by atoms with E-state index in [-0.39, 0.29) is 5.56 Å². The van der Waals surface area contributed by atoms with Crippen molar-refractivity contribution in [2.45, 2.75) is 6.92 Å². The molecule has 2 aromatic heterocycles. The number of nitrogens with one attached hydrogen (secondary N) is 1. The molecule has 0 amide bonds. The van der Waals surface area contributed by atoms with Gasteiger partial charge in [-0.2, -0.15) is 0 Å². The van der Waals surface area contributed by atoms with Crippen LogP contribution in [0.1, 0.15) is 5.56 Å². The second kappa shape index (κ2) is 3.60. The van der Waals surface area contributed by atoms with Crippen molar-refractivity contribution in [1.29, 1.82) is 0 Å². The van der Waals surface area contributed by atoms with Gasteiger partial charge >= 0.3 is 0 Å². The molecule has 1 N–H and O–H groups in total. The molecule has 1 aromatic carbocycles. The number of rotatable bonds is 1. The van der Waals surface area contributed by atoms with Gasteiger partial charge in [-0.15, -0.1) is 0 Å². The predicted octanol–water partition coefficient (Wildman–Crippen LogP) is 1.73. The maximum Gasteiger partial charge on any atom is 0.275 e. The van der Waals surface area contributed by atoms with E-state index in [0.717, 1.165) is 27.7 Å². The zero-order valence-corrected chi connectivity index (χ0v) is 10.4. The lowest BCUT2D eigenvalue weighted by Gasteiger charge is -2.06. The van der Waals surface area contributed by atoms with Gasteiger partial charge < -0.3 is 4.74 Å². The minimum Gasteiger partial charge on any atom is -0.494 e. The highest BCUT2D eigenvalue weighted by Gasteiger charge is 2.12. The lowest BCUT2D eigenvalue weighted by molar-refractivity contribution is 0.418. The third-order valence-corrected chi connectivity index (χ3v) is 3.12. The number of benzene rings is 1. The molecule has 0 bridgehead atoms. The molecule has 5 nitrogen and oxygen atoms in total. The summed E-state index contributed by atoms with van der Waals surface area (Å²) in [7, 11) is 3.31. The summed E-state index contributed by atoms with van der Waals surface area (Å²) in [5.41, 5.74) is 2.56. The Kier molecular flexibility index (Phi) is 2.16. The molecule has 0 aliphatic rings. The van der Waals surface area contributed by atoms with E-state index in [1.54, 1.807) is 20.4 Å². The molecule has 18 heavy (non-hydrogen) atoms. The highest BCUT2D eigenvalue weighted by atomic mass is 16.5. The van der Waals surface area contributed by atoms with Crippen LogP contribution in [0.2, 0.25) is 0 Å². The second-order valence-electron chi connectivity index (χ2n) is 4.39. The largest absolute Gasteiger partial charge is 0.494 e. The number of hydrogen-bond donors (Lipinski definition) is 1. The number of H-pyrrole nitrogens is 1. The lowest BCUT2D eigenvalue weighted by Crippen LogP contribution is -2.11. The summed E-state index contributed by atoms with van der Waals surface area (Å²) in [5.74, 6) is 0.719. The van der Waals surface area contributed by atoms with E-state index in [2.05, 4.69) is 10.1 Å². The van der Waals surface area contributed by atoms with Gasteiger partial charge in [-0.1, -0.05) is 0 Å². The summed E-state index contributed by atoms with van der Waals surface area (Å²) in [6.45, 7) is 1.99. The molecule has 0 aliphatic carbocycles. The summed E-state index contributed by atoms with van der Waals surface area (Å²) in [5, 5.41) is 4.56. The molecule has 2 heterocycles. The number of hydrogen-bond acceptors (Lipinski definition) is 3. The van der Waals surface area contributed by atoms with E-state index < -0.39 is 0 Å². The predicted molar refractivity (Wildman–Crippen MR) is 70.1 cm³/mol. The highest BCUT2D eigenvalue weighted by Crippen LogP contribution is 2.29. The van der Waals surface area contributed by atoms with Gasteiger partial charge in [0.05, 0.1) is 18.0 Å². The SMILES string of the molecule is COc1cc(C)cc2c1ncc1c(=O)n(C)[nH]c12. The Balaban J connectivity index is 2.58. The smallest absolute Gasteiger partial charge is 0.275 e. The van der Waals surface area contributed by atoms with Crippen LogP contribution in [0.3, 0.4) is 0 Å². The molecule has 3 rings (SSSR count). The van der Waals surface area contributed by atoms with Crippen LogP contribution in [0.25, 0.3) is 21.8 Å². The Labute approximate surface area is 103 Å². The van der Waals surface area contributed by atoms with Gasteiger partial charge in [-0.25, -0.2) is 0 Å². The normalized spacial score (nSPS) is 11.3. The number of aromatic nitrogens is 3. The van der Waals surface area contributed by atoms with Crippen LogP contribution >= 0.6 is 0 Å². The fourth-order valence-corrected chi connectivity index (χ4v) is 2.25. The minimum atomic E-state index is -0.0696. The zero-order valence-electron chi connectivity index (χ0n) is 10.4. The highest BCUT2D eigenvalue weighted by molar-refractivity contribution is 6.05. The molecular weight excluding hydrogens is 230 g/mol. The Morgan fingerprint density at radius 3 is 2.83 bits per heavy atom. The quantitative estimate of drug-likeness (QED) is 0.708. The number of methoxy groups -OCH3 is 1. The van der Waals surface area contributed by atoms with E-state index >= 15 is 0 Å². The van der Waals surface area contributed by atoms with Crippen LogP contribution in [0.15, 0.2) is 23.1 Å². The lowest BCUT2D eigenvalue weighted by atomic mass is 10.1. The molecular formula is C13H13N3O2. The van der Waals surface area contributed by atoms with Crippen molar-refractivity contribution in [2.24, 2.45) is 7.05 Å². The molecule has 92 valence electrons. The third kappa shape index (κ3) is 1.33. The molecule has 0 fully saturated rings. The first-order valence-electron chi connectivity index (χ1n) is 5.64. The minimum absolute atomic E-state index is 0.0696. The van der Waals surface area contributed by atoms with E-state index in [0.29, 0.717) is 5.39 Å². The van der Waals surface area contributed by atoms with Crippen molar-refractivity contribution in [3.8, 4) is 5.75 Å². The van der Waals surface area contributed by atoms with Crippen molar-refractivity contribution in [3.05, 3.63) is 34.2 Å². The maximum atomic E-state index is 11.9. The molecule has 0 unspecified atom stereocenters. The van der Waals surface area contributed by atoms with E-state index in [9.17, 15) is 4.79 Å². The molecule has 0 atom stereocenters. The van der Waals surface area contributed by atoms with Crippen LogP contribution in [-0.2, 0) is 7.05 Å². The van der Waals surface area contributed by atoms with E-state index in [1.165, 1.54) is 4.68 Å². The molecule has 5 heteroatoms. The molecule has 0 saturated carbocycles. The topological polar surface area (TPSA) is 59.9 Å². The van der Waals surface area contributed by atoms with E-state index in [1.807, 2.05) is 19.1 Å². The van der Waals surface area contributed by atoms with Crippen molar-refractivity contribution in [1.82, 2.24) is 14.8 Å². The summed E-state index contributed by atoms with van der Waals surface area (Å²) in [6.07, 6.45) is 1.59. The Bertz CT molecular complexity index is 814. The number of aromatic amines is 1. The number of aryl methyl sites for hydroxylation is 2. The van der Waals surface area contributed by atoms with Gasteiger partial charge in [-0.3, -0.25) is 19.6 Å². The summed E-state index contributed by atoms with van der Waals surface area (Å²) in [6, 6.07) is 3.94. The van der Waals surface area contributed by atoms with Gasteiger partial charge in [0.1, 0.15) is 11.3 Å². The van der Waals surface area contributed by atoms with Crippen LogP contribution in [-0.4, -0.2) is 21.9 Å². The van der Waals surface area contributed by atoms with Crippen LogP contribution in [0.4, 0.5) is 0 Å². The monoisotopic (exact) mass is 243 g/mol.